The minimum absolute atomic E-state index is 0.0162. The van der Waals surface area contributed by atoms with Crippen LogP contribution >= 0.6 is 0 Å². The summed E-state index contributed by atoms with van der Waals surface area (Å²) >= 11 is 0. The largest absolute Gasteiger partial charge is 0.497 e. The van der Waals surface area contributed by atoms with Gasteiger partial charge < -0.3 is 15.2 Å². The lowest BCUT2D eigenvalue weighted by Crippen LogP contribution is -2.09. The van der Waals surface area contributed by atoms with Crippen molar-refractivity contribution in [3.8, 4) is 11.4 Å². The monoisotopic (exact) mass is 452 g/mol. The Hall–Kier alpha value is -4.81. The Labute approximate surface area is 184 Å². The van der Waals surface area contributed by atoms with Gasteiger partial charge in [-0.2, -0.15) is 0 Å². The van der Waals surface area contributed by atoms with Gasteiger partial charge in [-0.25, -0.2) is 14.8 Å². The van der Waals surface area contributed by atoms with Crippen LogP contribution in [0.2, 0.25) is 0 Å². The van der Waals surface area contributed by atoms with Crippen molar-refractivity contribution in [3.63, 3.8) is 0 Å². The van der Waals surface area contributed by atoms with Gasteiger partial charge in [0.05, 0.1) is 46.7 Å². The molecule has 13 nitrogen and oxygen atoms in total. The Morgan fingerprint density at radius 1 is 1.06 bits per heavy atom. The molecule has 0 saturated heterocycles. The number of carbonyl (C=O) groups excluding carboxylic acids is 1. The van der Waals surface area contributed by atoms with Crippen molar-refractivity contribution in [3.05, 3.63) is 62.2 Å². The van der Waals surface area contributed by atoms with Crippen molar-refractivity contribution >= 4 is 45.4 Å². The highest BCUT2D eigenvalue weighted by Crippen LogP contribution is 2.35. The molecule has 0 aliphatic carbocycles. The Balaban J connectivity index is 2.10. The van der Waals surface area contributed by atoms with Gasteiger partial charge in [-0.05, 0) is 31.2 Å². The average molecular weight is 452 g/mol. The fourth-order valence-corrected chi connectivity index (χ4v) is 3.43. The highest BCUT2D eigenvalue weighted by molar-refractivity contribution is 6.09. The molecule has 0 spiro atoms. The highest BCUT2D eigenvalue weighted by atomic mass is 16.6. The van der Waals surface area contributed by atoms with Gasteiger partial charge in [0.2, 0.25) is 0 Å². The van der Waals surface area contributed by atoms with Gasteiger partial charge in [-0.15, -0.1) is 0 Å². The Morgan fingerprint density at radius 3 is 2.15 bits per heavy atom. The minimum Gasteiger partial charge on any atom is -0.497 e. The van der Waals surface area contributed by atoms with Gasteiger partial charge in [0, 0.05) is 5.69 Å². The molecule has 2 N–H and O–H groups in total. The van der Waals surface area contributed by atoms with Crippen LogP contribution in [0.15, 0.2) is 36.4 Å². The zero-order valence-corrected chi connectivity index (χ0v) is 17.3. The smallest absolute Gasteiger partial charge is 0.348 e. The summed E-state index contributed by atoms with van der Waals surface area (Å²) in [7, 11) is 1.51. The summed E-state index contributed by atoms with van der Waals surface area (Å²) in [4.78, 5) is 42.4. The lowest BCUT2D eigenvalue weighted by atomic mass is 10.2. The van der Waals surface area contributed by atoms with E-state index in [9.17, 15) is 25.0 Å². The van der Waals surface area contributed by atoms with E-state index in [0.29, 0.717) is 11.4 Å². The number of esters is 1. The molecule has 0 bridgehead atoms. The van der Waals surface area contributed by atoms with Crippen molar-refractivity contribution in [2.75, 3.05) is 19.5 Å². The van der Waals surface area contributed by atoms with E-state index in [1.165, 1.54) is 11.7 Å². The van der Waals surface area contributed by atoms with E-state index in [1.807, 2.05) is 0 Å². The number of fused-ring (bicyclic) bond motifs is 2. The Bertz CT molecular complexity index is 1450. The standard InChI is InChI=1S/C20H16N6O7/c1-3-33-20(27)16-17-19(24(18(16)21)10-4-6-11(32-2)7-5-10)23-13-9-15(26(30)31)14(25(28)29)8-12(13)22-17/h4-9H,3,21H2,1-2H3. The van der Waals surface area contributed by atoms with E-state index in [1.54, 1.807) is 31.2 Å². The van der Waals surface area contributed by atoms with Crippen LogP contribution < -0.4 is 10.5 Å². The first-order valence-corrected chi connectivity index (χ1v) is 9.52. The Kier molecular flexibility index (Phi) is 5.21. The number of aromatic nitrogens is 3. The van der Waals surface area contributed by atoms with Crippen LogP contribution in [0, 0.1) is 20.2 Å². The highest BCUT2D eigenvalue weighted by Gasteiger charge is 2.29. The van der Waals surface area contributed by atoms with Gasteiger partial charge in [0.15, 0.2) is 5.65 Å². The molecule has 0 amide bonds. The van der Waals surface area contributed by atoms with E-state index >= 15 is 0 Å². The van der Waals surface area contributed by atoms with Crippen LogP contribution in [0.1, 0.15) is 17.3 Å². The molecule has 0 atom stereocenters. The summed E-state index contributed by atoms with van der Waals surface area (Å²) in [5.41, 5.74) is 5.42. The average Bonchev–Trinajstić information content (AvgIpc) is 3.07. The van der Waals surface area contributed by atoms with Crippen LogP contribution in [-0.4, -0.2) is 44.1 Å². The van der Waals surface area contributed by atoms with E-state index < -0.39 is 27.2 Å². The number of methoxy groups -OCH3 is 1. The molecular weight excluding hydrogens is 436 g/mol. The van der Waals surface area contributed by atoms with Gasteiger partial charge in [0.1, 0.15) is 22.6 Å². The fourth-order valence-electron chi connectivity index (χ4n) is 3.43. The molecule has 0 radical (unpaired) electrons. The molecule has 0 unspecified atom stereocenters. The second kappa shape index (κ2) is 8.03. The van der Waals surface area contributed by atoms with Crippen molar-refractivity contribution < 1.29 is 24.1 Å². The maximum atomic E-state index is 12.7. The topological polar surface area (TPSA) is 179 Å². The number of benzene rings is 2. The number of nitrogen functional groups attached to an aromatic ring is 1. The molecule has 0 aliphatic rings. The molecule has 13 heteroatoms. The maximum Gasteiger partial charge on any atom is 0.348 e. The number of hydrogen-bond acceptors (Lipinski definition) is 10. The summed E-state index contributed by atoms with van der Waals surface area (Å²) in [5.74, 6) is -0.191. The summed E-state index contributed by atoms with van der Waals surface area (Å²) < 4.78 is 11.7. The number of rotatable bonds is 6. The first-order valence-electron chi connectivity index (χ1n) is 9.52. The first-order chi connectivity index (χ1) is 15.8. The summed E-state index contributed by atoms with van der Waals surface area (Å²) in [6, 6.07) is 8.60. The lowest BCUT2D eigenvalue weighted by molar-refractivity contribution is -0.422. The van der Waals surface area contributed by atoms with Crippen molar-refractivity contribution in [2.24, 2.45) is 0 Å². The molecule has 4 aromatic rings. The normalized spacial score (nSPS) is 11.0. The molecule has 2 aromatic heterocycles. The molecule has 33 heavy (non-hydrogen) atoms. The lowest BCUT2D eigenvalue weighted by Gasteiger charge is -2.09. The quantitative estimate of drug-likeness (QED) is 0.259. The fraction of sp³-hybridized carbons (Fsp3) is 0.150. The minimum atomic E-state index is -0.882. The van der Waals surface area contributed by atoms with Gasteiger partial charge in [-0.1, -0.05) is 0 Å². The zero-order valence-electron chi connectivity index (χ0n) is 17.3. The predicted molar refractivity (Wildman–Crippen MR) is 117 cm³/mol. The van der Waals surface area contributed by atoms with E-state index in [2.05, 4.69) is 9.97 Å². The molecule has 0 saturated carbocycles. The molecule has 168 valence electrons. The second-order valence-corrected chi connectivity index (χ2v) is 6.75. The molecule has 2 heterocycles. The molecule has 2 aromatic carbocycles. The number of nitrogens with zero attached hydrogens (tertiary/aromatic N) is 5. The third-order valence-corrected chi connectivity index (χ3v) is 4.89. The van der Waals surface area contributed by atoms with Crippen molar-refractivity contribution in [1.82, 2.24) is 14.5 Å². The number of hydrogen-bond donors (Lipinski definition) is 1. The SMILES string of the molecule is CCOC(=O)c1c(N)n(-c2ccc(OC)cc2)c2nc3cc([N+](=O)[O-])c([N+](=O)[O-])cc3nc12. The van der Waals surface area contributed by atoms with Crippen LogP contribution in [0.5, 0.6) is 5.75 Å². The van der Waals surface area contributed by atoms with Crippen LogP contribution in [0.4, 0.5) is 17.2 Å². The maximum absolute atomic E-state index is 12.7. The number of nitro groups is 2. The number of ether oxygens (including phenoxy) is 2. The van der Waals surface area contributed by atoms with Crippen LogP contribution in [0.25, 0.3) is 27.9 Å². The summed E-state index contributed by atoms with van der Waals surface area (Å²) in [6.45, 7) is 1.70. The predicted octanol–water partition coefficient (Wildman–Crippen LogP) is 3.16. The number of nitro benzene ring substituents is 2. The zero-order chi connectivity index (χ0) is 23.9. The molecular formula is C20H16N6O7. The number of nitrogens with two attached hydrogens (primary N) is 1. The van der Waals surface area contributed by atoms with Crippen LogP contribution in [-0.2, 0) is 4.74 Å². The van der Waals surface area contributed by atoms with E-state index in [-0.39, 0.29) is 40.2 Å². The van der Waals surface area contributed by atoms with Crippen molar-refractivity contribution in [1.29, 1.82) is 0 Å². The summed E-state index contributed by atoms with van der Waals surface area (Å²) in [5, 5.41) is 22.7. The second-order valence-electron chi connectivity index (χ2n) is 6.75. The number of carbonyl (C=O) groups is 1. The van der Waals surface area contributed by atoms with E-state index in [4.69, 9.17) is 15.2 Å². The molecule has 4 rings (SSSR count). The van der Waals surface area contributed by atoms with E-state index in [0.717, 1.165) is 12.1 Å². The third-order valence-electron chi connectivity index (χ3n) is 4.89. The van der Waals surface area contributed by atoms with Gasteiger partial charge in [-0.3, -0.25) is 24.8 Å². The summed E-state index contributed by atoms with van der Waals surface area (Å²) in [6.07, 6.45) is 0. The molecule has 0 fully saturated rings. The van der Waals surface area contributed by atoms with Gasteiger partial charge >= 0.3 is 17.3 Å². The number of anilines is 1. The first kappa shape index (κ1) is 21.4. The third kappa shape index (κ3) is 3.50. The van der Waals surface area contributed by atoms with Crippen LogP contribution in [0.3, 0.4) is 0 Å². The van der Waals surface area contributed by atoms with Gasteiger partial charge in [0.25, 0.3) is 0 Å². The van der Waals surface area contributed by atoms with Crippen molar-refractivity contribution in [2.45, 2.75) is 6.92 Å². The Morgan fingerprint density at radius 2 is 1.64 bits per heavy atom. The molecule has 0 aliphatic heterocycles.